The standard InChI is InChI=1S/C61H70F2N6O11S/c1-38-55(81-37-66-38)40-12-10-39(11-13-40)35-65-56(72)50-32-45(71)36-69(50)57(73)47(60(2,3)4)31-44(70)21-29-78-27-7-6-25-77-26-8-9-28-79-54-34-49-46(33-53(54)76-5)51(20-24-64-49)80-52-19-18-43(30-48(52)63)68-59(75)61(22-23-61)58(74)67-42-16-14-41(62)15-17-42/h10-20,24,30,33-34,37,45,47,50,71H,6-9,21-23,25-29,31-32,35-36H2,1-5H3,(H,65,72)(H,67,74)(H,68,75)/t45-,47-,50+/m1/s1. The molecule has 6 aromatic rings. The number of halogens is 2. The predicted octanol–water partition coefficient (Wildman–Crippen LogP) is 10.4. The van der Waals surface area contributed by atoms with E-state index >= 15 is 4.39 Å². The summed E-state index contributed by atoms with van der Waals surface area (Å²) in [6.07, 6.45) is 4.56. The fourth-order valence-electron chi connectivity index (χ4n) is 9.53. The van der Waals surface area contributed by atoms with Crippen LogP contribution in [-0.4, -0.2) is 108 Å². The van der Waals surface area contributed by atoms with Crippen LogP contribution >= 0.6 is 11.3 Å². The molecule has 3 heterocycles. The molecule has 0 bridgehead atoms. The lowest BCUT2D eigenvalue weighted by Crippen LogP contribution is -2.50. The Hall–Kier alpha value is -7.39. The minimum Gasteiger partial charge on any atom is -0.493 e. The maximum absolute atomic E-state index is 15.5. The highest BCUT2D eigenvalue weighted by atomic mass is 32.1. The summed E-state index contributed by atoms with van der Waals surface area (Å²) in [6, 6.07) is 21.3. The number of aliphatic hydroxyl groups is 1. The van der Waals surface area contributed by atoms with Crippen LogP contribution in [0, 0.1) is 35.3 Å². The second kappa shape index (κ2) is 27.4. The largest absolute Gasteiger partial charge is 0.493 e. The summed E-state index contributed by atoms with van der Waals surface area (Å²) in [5, 5.41) is 19.4. The van der Waals surface area contributed by atoms with Gasteiger partial charge in [0.1, 0.15) is 28.8 Å². The molecule has 2 aromatic heterocycles. The molecule has 3 atom stereocenters. The molecule has 2 fully saturated rings. The highest BCUT2D eigenvalue weighted by molar-refractivity contribution is 7.13. The first-order valence-electron chi connectivity index (χ1n) is 27.3. The molecule has 81 heavy (non-hydrogen) atoms. The highest BCUT2D eigenvalue weighted by Gasteiger charge is 2.56. The van der Waals surface area contributed by atoms with E-state index in [0.717, 1.165) is 47.0 Å². The number of rotatable bonds is 28. The monoisotopic (exact) mass is 1130 g/mol. The first-order valence-corrected chi connectivity index (χ1v) is 28.2. The van der Waals surface area contributed by atoms with E-state index in [1.54, 1.807) is 29.5 Å². The number of likely N-dealkylation sites (tertiary alicyclic amines) is 1. The summed E-state index contributed by atoms with van der Waals surface area (Å²) in [5.74, 6) is -2.66. The van der Waals surface area contributed by atoms with Gasteiger partial charge in [-0.05, 0) is 111 Å². The maximum atomic E-state index is 15.5. The number of ketones is 1. The molecule has 2 aliphatic rings. The van der Waals surface area contributed by atoms with Crippen LogP contribution in [0.2, 0.25) is 0 Å². The normalized spacial score (nSPS) is 15.9. The first kappa shape index (κ1) is 59.7. The molecular formula is C61H70F2N6O11S. The van der Waals surface area contributed by atoms with Gasteiger partial charge in [0, 0.05) is 93.2 Å². The molecule has 1 aliphatic heterocycles. The van der Waals surface area contributed by atoms with Crippen molar-refractivity contribution in [3.8, 4) is 33.4 Å². The third-order valence-corrected chi connectivity index (χ3v) is 15.5. The third-order valence-electron chi connectivity index (χ3n) is 14.5. The zero-order valence-electron chi connectivity index (χ0n) is 46.3. The fourth-order valence-corrected chi connectivity index (χ4v) is 10.3. The summed E-state index contributed by atoms with van der Waals surface area (Å²) >= 11 is 1.57. The number of aliphatic hydroxyl groups excluding tert-OH is 1. The quantitative estimate of drug-likeness (QED) is 0.0266. The molecule has 4 amide bonds. The number of thiazole rings is 1. The van der Waals surface area contributed by atoms with Gasteiger partial charge in [0.25, 0.3) is 0 Å². The average Bonchev–Trinajstić information content (AvgIpc) is 4.13. The molecule has 430 valence electrons. The number of ether oxygens (including phenoxy) is 5. The summed E-state index contributed by atoms with van der Waals surface area (Å²) in [5.41, 5.74) is 3.86. The Morgan fingerprint density at radius 3 is 2.10 bits per heavy atom. The number of pyridine rings is 1. The van der Waals surface area contributed by atoms with Crippen molar-refractivity contribution in [3.05, 3.63) is 120 Å². The molecule has 20 heteroatoms. The molecule has 1 saturated heterocycles. The van der Waals surface area contributed by atoms with Crippen LogP contribution in [0.1, 0.15) is 89.8 Å². The Labute approximate surface area is 474 Å². The number of nitrogens with one attached hydrogen (secondary N) is 3. The number of fused-ring (bicyclic) bond motifs is 1. The van der Waals surface area contributed by atoms with E-state index in [-0.39, 0.29) is 68.0 Å². The van der Waals surface area contributed by atoms with Gasteiger partial charge in [-0.25, -0.2) is 13.8 Å². The molecule has 4 aromatic carbocycles. The Kier molecular flexibility index (Phi) is 20.2. The van der Waals surface area contributed by atoms with Gasteiger partial charge in [-0.2, -0.15) is 0 Å². The Bertz CT molecular complexity index is 3170. The van der Waals surface area contributed by atoms with Crippen molar-refractivity contribution in [2.24, 2.45) is 16.7 Å². The third kappa shape index (κ3) is 15.7. The van der Waals surface area contributed by atoms with Gasteiger partial charge in [0.05, 0.1) is 48.0 Å². The molecule has 1 aliphatic carbocycles. The van der Waals surface area contributed by atoms with E-state index in [9.17, 15) is 33.5 Å². The van der Waals surface area contributed by atoms with Gasteiger partial charge < -0.3 is 49.6 Å². The number of aryl methyl sites for hydroxylation is 1. The molecule has 1 saturated carbocycles. The van der Waals surface area contributed by atoms with Gasteiger partial charge in [0.15, 0.2) is 23.1 Å². The number of nitrogens with zero attached hydrogens (tertiary/aromatic N) is 3. The average molecular weight is 1130 g/mol. The minimum absolute atomic E-state index is 0.00380. The molecule has 0 spiro atoms. The lowest BCUT2D eigenvalue weighted by atomic mass is 9.76. The number of amides is 4. The molecule has 4 N–H and O–H groups in total. The van der Waals surface area contributed by atoms with E-state index in [1.165, 1.54) is 54.6 Å². The van der Waals surface area contributed by atoms with Crippen molar-refractivity contribution in [1.82, 2.24) is 20.2 Å². The number of benzene rings is 4. The highest BCUT2D eigenvalue weighted by Crippen LogP contribution is 2.48. The zero-order valence-corrected chi connectivity index (χ0v) is 47.1. The van der Waals surface area contributed by atoms with E-state index in [2.05, 4.69) is 25.9 Å². The van der Waals surface area contributed by atoms with Crippen LogP contribution < -0.4 is 30.2 Å². The van der Waals surface area contributed by atoms with Gasteiger partial charge in [-0.3, -0.25) is 29.0 Å². The number of Topliss-reactive ketones (excluding diaryl/α,β-unsaturated/α-hetero) is 1. The van der Waals surface area contributed by atoms with Crippen molar-refractivity contribution in [2.45, 2.75) is 104 Å². The number of anilines is 2. The molecule has 17 nitrogen and oxygen atoms in total. The SMILES string of the molecule is COc1cc2c(Oc3ccc(NC(=O)C4(C(=O)Nc5ccc(F)cc5)CC4)cc3F)ccnc2cc1OCCCCOCCCCOCCC(=O)C[C@H](C(=O)N1C[C@H](O)C[C@H]1C(=O)NCc1ccc(-c2scnc2C)cc1)C(C)(C)C. The second-order valence-electron chi connectivity index (χ2n) is 21.6. The summed E-state index contributed by atoms with van der Waals surface area (Å²) in [7, 11) is 1.51. The van der Waals surface area contributed by atoms with Gasteiger partial charge in [0.2, 0.25) is 23.6 Å². The van der Waals surface area contributed by atoms with Crippen molar-refractivity contribution in [1.29, 1.82) is 0 Å². The van der Waals surface area contributed by atoms with E-state index < -0.39 is 52.3 Å². The number of aromatic nitrogens is 2. The summed E-state index contributed by atoms with van der Waals surface area (Å²) in [4.78, 5) is 78.3. The van der Waals surface area contributed by atoms with Crippen molar-refractivity contribution in [2.75, 3.05) is 57.3 Å². The number of methoxy groups -OCH3 is 1. The first-order chi connectivity index (χ1) is 38.9. The smallest absolute Gasteiger partial charge is 0.243 e. The Morgan fingerprint density at radius 1 is 0.790 bits per heavy atom. The van der Waals surface area contributed by atoms with Crippen LogP contribution in [-0.2, 0) is 40.0 Å². The van der Waals surface area contributed by atoms with Crippen molar-refractivity contribution < 1.29 is 61.5 Å². The lowest BCUT2D eigenvalue weighted by molar-refractivity contribution is -0.146. The van der Waals surface area contributed by atoms with Crippen molar-refractivity contribution in [3.63, 3.8) is 0 Å². The zero-order chi connectivity index (χ0) is 57.7. The summed E-state index contributed by atoms with van der Waals surface area (Å²) < 4.78 is 58.1. The maximum Gasteiger partial charge on any atom is 0.243 e. The Morgan fingerprint density at radius 2 is 1.46 bits per heavy atom. The molecule has 0 radical (unpaired) electrons. The number of hydrogen-bond donors (Lipinski definition) is 4. The van der Waals surface area contributed by atoms with Gasteiger partial charge in [-0.1, -0.05) is 45.0 Å². The lowest BCUT2D eigenvalue weighted by Gasteiger charge is -2.34. The van der Waals surface area contributed by atoms with Gasteiger partial charge >= 0.3 is 0 Å². The number of carbonyl (C=O) groups excluding carboxylic acids is 5. The van der Waals surface area contributed by atoms with Crippen LogP contribution in [0.15, 0.2) is 96.6 Å². The second-order valence-corrected chi connectivity index (χ2v) is 22.4. The van der Waals surface area contributed by atoms with E-state index in [4.69, 9.17) is 23.7 Å². The number of hydrogen-bond acceptors (Lipinski definition) is 14. The van der Waals surface area contributed by atoms with Crippen LogP contribution in [0.4, 0.5) is 20.2 Å². The fraction of sp³-hybridized carbons (Fsp3) is 0.426. The molecular weight excluding hydrogens is 1060 g/mol. The number of β-amino-alcohol motifs (C(OH)–C–C–N with tert-alkyl or cyclic N) is 1. The number of unbranched alkanes of at least 4 members (excludes halogenated alkanes) is 2. The van der Waals surface area contributed by atoms with E-state index in [0.29, 0.717) is 79.5 Å². The van der Waals surface area contributed by atoms with Crippen molar-refractivity contribution >= 4 is 63.0 Å². The molecule has 8 rings (SSSR count). The van der Waals surface area contributed by atoms with Gasteiger partial charge in [-0.15, -0.1) is 11.3 Å². The topological polar surface area (TPSA) is 217 Å². The summed E-state index contributed by atoms with van der Waals surface area (Å²) in [6.45, 7) is 10.1. The number of carbonyl (C=O) groups is 5. The minimum atomic E-state index is -1.32. The van der Waals surface area contributed by atoms with E-state index in [1.807, 2.05) is 57.5 Å². The van der Waals surface area contributed by atoms with Crippen LogP contribution in [0.25, 0.3) is 21.3 Å². The predicted molar refractivity (Wildman–Crippen MR) is 303 cm³/mol. The van der Waals surface area contributed by atoms with Crippen LogP contribution in [0.3, 0.4) is 0 Å². The van der Waals surface area contributed by atoms with Crippen LogP contribution in [0.5, 0.6) is 23.0 Å². The molecule has 0 unspecified atom stereocenters. The Balaban J connectivity index is 0.696.